The molecule has 1 aliphatic rings. The standard InChI is InChI=1S/C24H27F2N7O2/c1-32-6-8-33(9-7-32)10-11-35-19-2-3-20(21(25)13-19)23-29-14-17(15-30-23)12-22(34)28-16-18-4-5-27-24(26)31-18/h2-5,13-15H,6-12,16H2,1H3,(H,28,34). The maximum Gasteiger partial charge on any atom is 0.308 e. The Kier molecular flexibility index (Phi) is 8.22. The van der Waals surface area contributed by atoms with Crippen LogP contribution in [0.5, 0.6) is 5.75 Å². The van der Waals surface area contributed by atoms with Gasteiger partial charge in [0, 0.05) is 57.4 Å². The highest BCUT2D eigenvalue weighted by molar-refractivity contribution is 5.78. The van der Waals surface area contributed by atoms with Crippen LogP contribution in [0.2, 0.25) is 0 Å². The first-order valence-electron chi connectivity index (χ1n) is 11.3. The Morgan fingerprint density at radius 1 is 1.09 bits per heavy atom. The third kappa shape index (κ3) is 7.20. The van der Waals surface area contributed by atoms with Crippen molar-refractivity contribution in [3.63, 3.8) is 0 Å². The summed E-state index contributed by atoms with van der Waals surface area (Å²) >= 11 is 0. The molecule has 0 aliphatic carbocycles. The van der Waals surface area contributed by atoms with Gasteiger partial charge >= 0.3 is 6.08 Å². The number of amides is 1. The second kappa shape index (κ2) is 11.7. The lowest BCUT2D eigenvalue weighted by atomic mass is 10.1. The quantitative estimate of drug-likeness (QED) is 0.460. The van der Waals surface area contributed by atoms with E-state index in [1.807, 2.05) is 0 Å². The Morgan fingerprint density at radius 2 is 1.86 bits per heavy atom. The number of likely N-dealkylation sites (N-methyl/N-ethyl adjacent to an activating group) is 1. The Balaban J connectivity index is 1.26. The lowest BCUT2D eigenvalue weighted by Gasteiger charge is -2.32. The van der Waals surface area contributed by atoms with Gasteiger partial charge in [-0.15, -0.1) is 0 Å². The smallest absolute Gasteiger partial charge is 0.308 e. The van der Waals surface area contributed by atoms with Gasteiger partial charge in [0.2, 0.25) is 5.91 Å². The molecule has 1 aliphatic heterocycles. The molecular formula is C24H27F2N7O2. The predicted octanol–water partition coefficient (Wildman–Crippen LogP) is 1.70. The molecule has 35 heavy (non-hydrogen) atoms. The number of nitrogens with one attached hydrogen (secondary N) is 1. The Bertz CT molecular complexity index is 1140. The van der Waals surface area contributed by atoms with Crippen LogP contribution in [-0.2, 0) is 17.8 Å². The van der Waals surface area contributed by atoms with Gasteiger partial charge in [-0.3, -0.25) is 9.69 Å². The maximum absolute atomic E-state index is 14.7. The van der Waals surface area contributed by atoms with Crippen molar-refractivity contribution >= 4 is 5.91 Å². The van der Waals surface area contributed by atoms with Gasteiger partial charge in [0.15, 0.2) is 5.82 Å². The van der Waals surface area contributed by atoms with Crippen molar-refractivity contribution in [3.05, 3.63) is 66.0 Å². The normalized spacial score (nSPS) is 14.6. The van der Waals surface area contributed by atoms with Crippen molar-refractivity contribution in [2.75, 3.05) is 46.4 Å². The fourth-order valence-corrected chi connectivity index (χ4v) is 3.62. The Morgan fingerprint density at radius 3 is 2.57 bits per heavy atom. The molecule has 1 amide bonds. The summed E-state index contributed by atoms with van der Waals surface area (Å²) in [7, 11) is 2.11. The van der Waals surface area contributed by atoms with Crippen molar-refractivity contribution < 1.29 is 18.3 Å². The SMILES string of the molecule is CN1CCN(CCOc2ccc(-c3ncc(CC(=O)NCc4ccnc(F)n4)cn3)c(F)c2)CC1. The molecule has 0 saturated carbocycles. The molecule has 0 radical (unpaired) electrons. The molecule has 2 aromatic heterocycles. The number of ether oxygens (including phenoxy) is 1. The minimum atomic E-state index is -0.849. The molecule has 184 valence electrons. The molecule has 0 atom stereocenters. The summed E-state index contributed by atoms with van der Waals surface area (Å²) in [5.41, 5.74) is 1.17. The molecule has 4 rings (SSSR count). The predicted molar refractivity (Wildman–Crippen MR) is 124 cm³/mol. The number of nitrogens with zero attached hydrogens (tertiary/aromatic N) is 6. The molecule has 1 aromatic carbocycles. The van der Waals surface area contributed by atoms with Gasteiger partial charge in [-0.2, -0.15) is 4.39 Å². The van der Waals surface area contributed by atoms with E-state index in [1.54, 1.807) is 12.1 Å². The van der Waals surface area contributed by atoms with E-state index in [0.29, 0.717) is 23.6 Å². The van der Waals surface area contributed by atoms with Gasteiger partial charge in [-0.05, 0) is 30.8 Å². The van der Waals surface area contributed by atoms with Gasteiger partial charge in [-0.1, -0.05) is 0 Å². The first-order valence-corrected chi connectivity index (χ1v) is 11.3. The number of carbonyl (C=O) groups is 1. The number of piperazine rings is 1. The van der Waals surface area contributed by atoms with E-state index in [4.69, 9.17) is 4.74 Å². The summed E-state index contributed by atoms with van der Waals surface area (Å²) in [4.78, 5) is 32.1. The number of rotatable bonds is 9. The van der Waals surface area contributed by atoms with Gasteiger partial charge < -0.3 is 15.0 Å². The molecule has 1 N–H and O–H groups in total. The van der Waals surface area contributed by atoms with E-state index < -0.39 is 11.9 Å². The van der Waals surface area contributed by atoms with Crippen LogP contribution in [-0.4, -0.2) is 82.0 Å². The third-order valence-corrected chi connectivity index (χ3v) is 5.67. The van der Waals surface area contributed by atoms with Crippen LogP contribution in [0.4, 0.5) is 8.78 Å². The molecule has 0 unspecified atom stereocenters. The second-order valence-electron chi connectivity index (χ2n) is 8.32. The Labute approximate surface area is 202 Å². The Hall–Kier alpha value is -3.57. The molecule has 3 aromatic rings. The highest BCUT2D eigenvalue weighted by Crippen LogP contribution is 2.23. The molecule has 3 heterocycles. The van der Waals surface area contributed by atoms with Crippen LogP contribution < -0.4 is 10.1 Å². The van der Waals surface area contributed by atoms with Crippen LogP contribution in [0.1, 0.15) is 11.3 Å². The van der Waals surface area contributed by atoms with Crippen molar-refractivity contribution in [2.24, 2.45) is 0 Å². The maximum atomic E-state index is 14.7. The molecule has 0 bridgehead atoms. The van der Waals surface area contributed by atoms with Crippen molar-refractivity contribution in [1.29, 1.82) is 0 Å². The first-order chi connectivity index (χ1) is 17.0. The highest BCUT2D eigenvalue weighted by atomic mass is 19.1. The van der Waals surface area contributed by atoms with Crippen LogP contribution in [0.3, 0.4) is 0 Å². The van der Waals surface area contributed by atoms with Crippen molar-refractivity contribution in [1.82, 2.24) is 35.1 Å². The lowest BCUT2D eigenvalue weighted by Crippen LogP contribution is -2.45. The third-order valence-electron chi connectivity index (χ3n) is 5.67. The summed E-state index contributed by atoms with van der Waals surface area (Å²) in [6.07, 6.45) is 3.41. The lowest BCUT2D eigenvalue weighted by molar-refractivity contribution is -0.120. The van der Waals surface area contributed by atoms with E-state index in [1.165, 1.54) is 30.7 Å². The average Bonchev–Trinajstić information content (AvgIpc) is 2.85. The van der Waals surface area contributed by atoms with Crippen LogP contribution >= 0.6 is 0 Å². The van der Waals surface area contributed by atoms with E-state index in [-0.39, 0.29) is 30.3 Å². The van der Waals surface area contributed by atoms with Crippen LogP contribution in [0.15, 0.2) is 42.9 Å². The first kappa shape index (κ1) is 24.6. The zero-order valence-electron chi connectivity index (χ0n) is 19.5. The summed E-state index contributed by atoms with van der Waals surface area (Å²) in [6, 6.07) is 6.13. The van der Waals surface area contributed by atoms with Gasteiger partial charge in [-0.25, -0.2) is 24.3 Å². The fraction of sp³-hybridized carbons (Fsp3) is 0.375. The minimum Gasteiger partial charge on any atom is -0.492 e. The summed E-state index contributed by atoms with van der Waals surface area (Å²) in [5.74, 6) is -0.112. The number of halogens is 2. The van der Waals surface area contributed by atoms with Gasteiger partial charge in [0.25, 0.3) is 0 Å². The summed E-state index contributed by atoms with van der Waals surface area (Å²) in [5, 5.41) is 2.65. The molecular weight excluding hydrogens is 456 g/mol. The largest absolute Gasteiger partial charge is 0.492 e. The minimum absolute atomic E-state index is 0.0242. The highest BCUT2D eigenvalue weighted by Gasteiger charge is 2.14. The number of hydrogen-bond donors (Lipinski definition) is 1. The average molecular weight is 484 g/mol. The summed E-state index contributed by atoms with van der Waals surface area (Å²) in [6.45, 7) is 5.45. The number of hydrogen-bond acceptors (Lipinski definition) is 8. The zero-order valence-corrected chi connectivity index (χ0v) is 19.5. The van der Waals surface area contributed by atoms with E-state index in [0.717, 1.165) is 32.7 Å². The molecule has 9 nitrogen and oxygen atoms in total. The van der Waals surface area contributed by atoms with E-state index >= 15 is 0 Å². The van der Waals surface area contributed by atoms with E-state index in [9.17, 15) is 13.6 Å². The number of aromatic nitrogens is 4. The fourth-order valence-electron chi connectivity index (χ4n) is 3.62. The molecule has 1 fully saturated rings. The molecule has 11 heteroatoms. The summed E-state index contributed by atoms with van der Waals surface area (Å²) < 4.78 is 33.4. The van der Waals surface area contributed by atoms with Crippen LogP contribution in [0, 0.1) is 11.9 Å². The number of benzene rings is 1. The number of carbonyl (C=O) groups excluding carboxylic acids is 1. The topological polar surface area (TPSA) is 96.4 Å². The molecule has 0 spiro atoms. The molecule has 1 saturated heterocycles. The van der Waals surface area contributed by atoms with Crippen LogP contribution in [0.25, 0.3) is 11.4 Å². The van der Waals surface area contributed by atoms with E-state index in [2.05, 4.69) is 42.1 Å². The van der Waals surface area contributed by atoms with Gasteiger partial charge in [0.1, 0.15) is 18.2 Å². The second-order valence-corrected chi connectivity index (χ2v) is 8.32. The van der Waals surface area contributed by atoms with Gasteiger partial charge in [0.05, 0.1) is 24.2 Å². The monoisotopic (exact) mass is 483 g/mol. The van der Waals surface area contributed by atoms with Crippen molar-refractivity contribution in [2.45, 2.75) is 13.0 Å². The van der Waals surface area contributed by atoms with Crippen molar-refractivity contribution in [3.8, 4) is 17.1 Å². The zero-order chi connectivity index (χ0) is 24.6.